The largest absolute Gasteiger partial charge is 0.356 e. The summed E-state index contributed by atoms with van der Waals surface area (Å²) in [5, 5.41) is 13.2. The molecule has 27 heavy (non-hydrogen) atoms. The van der Waals surface area contributed by atoms with Crippen LogP contribution in [0.25, 0.3) is 0 Å². The van der Waals surface area contributed by atoms with Crippen LogP contribution in [-0.2, 0) is 16.0 Å². The normalized spacial score (nSPS) is 10.1. The molecule has 0 unspecified atom stereocenters. The van der Waals surface area contributed by atoms with Gasteiger partial charge in [-0.3, -0.25) is 14.9 Å². The van der Waals surface area contributed by atoms with Crippen LogP contribution in [0.4, 0.5) is 15.6 Å². The Morgan fingerprint density at radius 3 is 2.52 bits per heavy atom. The number of nitrogens with zero attached hydrogens (tertiary/aromatic N) is 1. The maximum atomic E-state index is 11.9. The fourth-order valence-electron chi connectivity index (χ4n) is 2.17. The molecule has 1 heterocycles. The molecular formula is C18H23N5O3S. The standard InChI is InChI=1S/C18H23N5O3S/c1-13(24)19-10-5-11-20-16(25)9-8-15-12-27-18(22-15)23-17(26)21-14-6-3-2-4-7-14/h2-4,6-7,12H,5,8-11H2,1H3,(H,19,24)(H,20,25)(H2,21,22,23,26). The highest BCUT2D eigenvalue weighted by molar-refractivity contribution is 7.13. The number of aromatic nitrogens is 1. The molecule has 1 aromatic carbocycles. The zero-order valence-electron chi connectivity index (χ0n) is 15.1. The lowest BCUT2D eigenvalue weighted by molar-refractivity contribution is -0.121. The second kappa shape index (κ2) is 10.9. The number of benzene rings is 1. The van der Waals surface area contributed by atoms with Gasteiger partial charge in [0.2, 0.25) is 11.8 Å². The third-order valence-corrected chi connectivity index (χ3v) is 4.27. The number of aryl methyl sites for hydroxylation is 1. The molecule has 144 valence electrons. The Morgan fingerprint density at radius 1 is 1.04 bits per heavy atom. The Kier molecular flexibility index (Phi) is 8.24. The molecule has 4 amide bonds. The molecule has 0 radical (unpaired) electrons. The number of para-hydroxylation sites is 1. The minimum Gasteiger partial charge on any atom is -0.356 e. The van der Waals surface area contributed by atoms with E-state index in [1.54, 1.807) is 12.1 Å². The van der Waals surface area contributed by atoms with Crippen LogP contribution in [0.5, 0.6) is 0 Å². The topological polar surface area (TPSA) is 112 Å². The number of carbonyl (C=O) groups is 3. The van der Waals surface area contributed by atoms with E-state index in [9.17, 15) is 14.4 Å². The van der Waals surface area contributed by atoms with Crippen LogP contribution in [-0.4, -0.2) is 35.9 Å². The Hall–Kier alpha value is -2.94. The molecular weight excluding hydrogens is 366 g/mol. The van der Waals surface area contributed by atoms with E-state index < -0.39 is 0 Å². The summed E-state index contributed by atoms with van der Waals surface area (Å²) in [5.41, 5.74) is 1.45. The average Bonchev–Trinajstić information content (AvgIpc) is 3.07. The fraction of sp³-hybridized carbons (Fsp3) is 0.333. The van der Waals surface area contributed by atoms with E-state index in [4.69, 9.17) is 0 Å². The predicted molar refractivity (Wildman–Crippen MR) is 106 cm³/mol. The van der Waals surface area contributed by atoms with Crippen molar-refractivity contribution in [3.63, 3.8) is 0 Å². The van der Waals surface area contributed by atoms with Gasteiger partial charge in [0.25, 0.3) is 0 Å². The Balaban J connectivity index is 1.65. The van der Waals surface area contributed by atoms with Crippen LogP contribution in [0.2, 0.25) is 0 Å². The average molecular weight is 389 g/mol. The fourth-order valence-corrected chi connectivity index (χ4v) is 2.91. The second-order valence-corrected chi connectivity index (χ2v) is 6.63. The maximum Gasteiger partial charge on any atom is 0.325 e. The van der Waals surface area contributed by atoms with Crippen LogP contribution in [0.3, 0.4) is 0 Å². The first-order chi connectivity index (χ1) is 13.0. The van der Waals surface area contributed by atoms with E-state index in [0.717, 1.165) is 5.69 Å². The molecule has 0 spiro atoms. The van der Waals surface area contributed by atoms with Crippen molar-refractivity contribution < 1.29 is 14.4 Å². The molecule has 0 aliphatic heterocycles. The second-order valence-electron chi connectivity index (χ2n) is 5.78. The van der Waals surface area contributed by atoms with Gasteiger partial charge in [-0.15, -0.1) is 11.3 Å². The van der Waals surface area contributed by atoms with Crippen molar-refractivity contribution in [2.45, 2.75) is 26.2 Å². The van der Waals surface area contributed by atoms with Crippen LogP contribution < -0.4 is 21.3 Å². The highest BCUT2D eigenvalue weighted by Gasteiger charge is 2.08. The molecule has 0 aliphatic carbocycles. The van der Waals surface area contributed by atoms with E-state index in [-0.39, 0.29) is 17.8 Å². The Morgan fingerprint density at radius 2 is 1.78 bits per heavy atom. The summed E-state index contributed by atoms with van der Waals surface area (Å²) < 4.78 is 0. The molecule has 4 N–H and O–H groups in total. The summed E-state index contributed by atoms with van der Waals surface area (Å²) in [6.45, 7) is 2.52. The number of nitrogens with one attached hydrogen (secondary N) is 4. The number of urea groups is 1. The van der Waals surface area contributed by atoms with Gasteiger partial charge in [0, 0.05) is 37.5 Å². The molecule has 0 saturated carbocycles. The van der Waals surface area contributed by atoms with Crippen molar-refractivity contribution in [1.29, 1.82) is 0 Å². The Bertz CT molecular complexity index is 763. The van der Waals surface area contributed by atoms with Crippen molar-refractivity contribution in [2.75, 3.05) is 23.7 Å². The van der Waals surface area contributed by atoms with Crippen molar-refractivity contribution >= 4 is 40.0 Å². The molecule has 2 rings (SSSR count). The molecule has 0 atom stereocenters. The van der Waals surface area contributed by atoms with Crippen LogP contribution >= 0.6 is 11.3 Å². The summed E-state index contributed by atoms with van der Waals surface area (Å²) in [6, 6.07) is 8.77. The zero-order chi connectivity index (χ0) is 19.5. The number of hydrogen-bond acceptors (Lipinski definition) is 5. The minimum absolute atomic E-state index is 0.0674. The summed E-state index contributed by atoms with van der Waals surface area (Å²) in [5.74, 6) is -0.145. The van der Waals surface area contributed by atoms with Gasteiger partial charge in [-0.2, -0.15) is 0 Å². The number of thiazole rings is 1. The third kappa shape index (κ3) is 8.32. The van der Waals surface area contributed by atoms with Gasteiger partial charge in [-0.05, 0) is 25.0 Å². The van der Waals surface area contributed by atoms with E-state index in [0.29, 0.717) is 43.2 Å². The molecule has 1 aromatic heterocycles. The number of anilines is 2. The lowest BCUT2D eigenvalue weighted by Gasteiger charge is -2.05. The van der Waals surface area contributed by atoms with Crippen LogP contribution in [0.1, 0.15) is 25.5 Å². The minimum atomic E-state index is -0.362. The van der Waals surface area contributed by atoms with Gasteiger partial charge in [-0.1, -0.05) is 18.2 Å². The van der Waals surface area contributed by atoms with E-state index >= 15 is 0 Å². The molecule has 2 aromatic rings. The van der Waals surface area contributed by atoms with Crippen LogP contribution in [0, 0.1) is 0 Å². The van der Waals surface area contributed by atoms with Gasteiger partial charge < -0.3 is 16.0 Å². The quantitative estimate of drug-likeness (QED) is 0.493. The highest BCUT2D eigenvalue weighted by atomic mass is 32.1. The van der Waals surface area contributed by atoms with Crippen molar-refractivity contribution in [1.82, 2.24) is 15.6 Å². The van der Waals surface area contributed by atoms with Gasteiger partial charge in [0.15, 0.2) is 5.13 Å². The number of carbonyl (C=O) groups excluding carboxylic acids is 3. The van der Waals surface area contributed by atoms with Crippen LogP contribution in [0.15, 0.2) is 35.7 Å². The number of rotatable bonds is 9. The first-order valence-electron chi connectivity index (χ1n) is 8.61. The van der Waals surface area contributed by atoms with E-state index in [2.05, 4.69) is 26.3 Å². The molecule has 0 saturated heterocycles. The summed E-state index contributed by atoms with van der Waals surface area (Å²) in [7, 11) is 0. The third-order valence-electron chi connectivity index (χ3n) is 3.46. The smallest absolute Gasteiger partial charge is 0.325 e. The SMILES string of the molecule is CC(=O)NCCCNC(=O)CCc1csc(NC(=O)Nc2ccccc2)n1. The zero-order valence-corrected chi connectivity index (χ0v) is 15.9. The summed E-state index contributed by atoms with van der Waals surface area (Å²) in [6.07, 6.45) is 1.50. The number of amides is 4. The summed E-state index contributed by atoms with van der Waals surface area (Å²) >= 11 is 1.31. The molecule has 0 bridgehead atoms. The van der Waals surface area contributed by atoms with Gasteiger partial charge in [-0.25, -0.2) is 9.78 Å². The molecule has 9 heteroatoms. The van der Waals surface area contributed by atoms with E-state index in [1.165, 1.54) is 18.3 Å². The van der Waals surface area contributed by atoms with Crippen molar-refractivity contribution in [3.05, 3.63) is 41.4 Å². The molecule has 0 aliphatic rings. The van der Waals surface area contributed by atoms with E-state index in [1.807, 2.05) is 23.6 Å². The lowest BCUT2D eigenvalue weighted by Crippen LogP contribution is -2.28. The first kappa shape index (κ1) is 20.4. The lowest BCUT2D eigenvalue weighted by atomic mass is 10.2. The highest BCUT2D eigenvalue weighted by Crippen LogP contribution is 2.17. The summed E-state index contributed by atoms with van der Waals surface area (Å²) in [4.78, 5) is 38.8. The predicted octanol–water partition coefficient (Wildman–Crippen LogP) is 2.36. The van der Waals surface area contributed by atoms with Crippen molar-refractivity contribution in [3.8, 4) is 0 Å². The first-order valence-corrected chi connectivity index (χ1v) is 9.49. The molecule has 0 fully saturated rings. The monoisotopic (exact) mass is 389 g/mol. The van der Waals surface area contributed by atoms with Gasteiger partial charge in [0.05, 0.1) is 5.69 Å². The number of hydrogen-bond donors (Lipinski definition) is 4. The Labute approximate surface area is 161 Å². The van der Waals surface area contributed by atoms with Crippen molar-refractivity contribution in [2.24, 2.45) is 0 Å². The van der Waals surface area contributed by atoms with Gasteiger partial charge in [0.1, 0.15) is 0 Å². The molecule has 8 nitrogen and oxygen atoms in total. The van der Waals surface area contributed by atoms with Gasteiger partial charge >= 0.3 is 6.03 Å². The maximum absolute atomic E-state index is 11.9.